The second-order valence-electron chi connectivity index (χ2n) is 6.04. The molecule has 9 heteroatoms. The van der Waals surface area contributed by atoms with Gasteiger partial charge in [0.2, 0.25) is 0 Å². The SMILES string of the molecule is C[C@@H]1CCCN(S(=O)(=O)N2CCC(O)(C(F)(F)F)CC2)C1. The van der Waals surface area contributed by atoms with Gasteiger partial charge < -0.3 is 5.11 Å². The molecule has 0 aromatic heterocycles. The number of hydrogen-bond donors (Lipinski definition) is 1. The third-order valence-corrected chi connectivity index (χ3v) is 6.35. The number of hydrogen-bond acceptors (Lipinski definition) is 3. The van der Waals surface area contributed by atoms with E-state index in [-0.39, 0.29) is 19.0 Å². The predicted molar refractivity (Wildman–Crippen MR) is 70.7 cm³/mol. The van der Waals surface area contributed by atoms with Crippen molar-refractivity contribution in [3.8, 4) is 0 Å². The van der Waals surface area contributed by atoms with Gasteiger partial charge in [-0.25, -0.2) is 0 Å². The Morgan fingerprint density at radius 2 is 1.71 bits per heavy atom. The van der Waals surface area contributed by atoms with Crippen molar-refractivity contribution >= 4 is 10.2 Å². The number of piperidine rings is 2. The van der Waals surface area contributed by atoms with Gasteiger partial charge in [-0.1, -0.05) is 6.92 Å². The van der Waals surface area contributed by atoms with Crippen LogP contribution in [-0.2, 0) is 10.2 Å². The third kappa shape index (κ3) is 3.35. The van der Waals surface area contributed by atoms with Crippen LogP contribution in [0.2, 0.25) is 0 Å². The molecule has 0 unspecified atom stereocenters. The van der Waals surface area contributed by atoms with Crippen LogP contribution in [0.1, 0.15) is 32.6 Å². The van der Waals surface area contributed by atoms with E-state index in [2.05, 4.69) is 0 Å². The number of rotatable bonds is 2. The highest BCUT2D eigenvalue weighted by atomic mass is 32.2. The first-order valence-electron chi connectivity index (χ1n) is 7.10. The first-order valence-corrected chi connectivity index (χ1v) is 8.50. The van der Waals surface area contributed by atoms with E-state index in [4.69, 9.17) is 0 Å². The molecule has 2 aliphatic rings. The molecule has 0 radical (unpaired) electrons. The largest absolute Gasteiger partial charge is 0.417 e. The third-order valence-electron chi connectivity index (χ3n) is 4.35. The zero-order valence-corrected chi connectivity index (χ0v) is 12.8. The molecule has 0 amide bonds. The first kappa shape index (κ1) is 17.0. The lowest BCUT2D eigenvalue weighted by atomic mass is 9.92. The fourth-order valence-electron chi connectivity index (χ4n) is 2.89. The summed E-state index contributed by atoms with van der Waals surface area (Å²) < 4.78 is 65.5. The summed E-state index contributed by atoms with van der Waals surface area (Å²) in [6.07, 6.45) is -4.22. The fraction of sp³-hybridized carbons (Fsp3) is 1.00. The van der Waals surface area contributed by atoms with Gasteiger partial charge in [0.15, 0.2) is 5.60 Å². The Morgan fingerprint density at radius 1 is 1.14 bits per heavy atom. The first-order chi connectivity index (χ1) is 9.56. The Balaban J connectivity index is 2.04. The monoisotopic (exact) mass is 330 g/mol. The van der Waals surface area contributed by atoms with E-state index in [1.807, 2.05) is 6.92 Å². The average Bonchev–Trinajstić information content (AvgIpc) is 2.38. The molecule has 21 heavy (non-hydrogen) atoms. The van der Waals surface area contributed by atoms with E-state index in [9.17, 15) is 26.7 Å². The smallest absolute Gasteiger partial charge is 0.380 e. The van der Waals surface area contributed by atoms with Gasteiger partial charge in [0.1, 0.15) is 0 Å². The summed E-state index contributed by atoms with van der Waals surface area (Å²) in [5.41, 5.74) is -2.77. The molecule has 2 aliphatic heterocycles. The molecule has 2 rings (SSSR count). The van der Waals surface area contributed by atoms with Gasteiger partial charge in [-0.3, -0.25) is 0 Å². The lowest BCUT2D eigenvalue weighted by Gasteiger charge is -2.41. The maximum absolute atomic E-state index is 12.7. The van der Waals surface area contributed by atoms with Crippen LogP contribution in [0.5, 0.6) is 0 Å². The van der Waals surface area contributed by atoms with E-state index in [0.29, 0.717) is 13.1 Å². The van der Waals surface area contributed by atoms with Crippen molar-refractivity contribution in [2.75, 3.05) is 26.2 Å². The molecule has 0 aromatic rings. The van der Waals surface area contributed by atoms with Crippen molar-refractivity contribution in [3.05, 3.63) is 0 Å². The Labute approximate surface area is 122 Å². The van der Waals surface area contributed by atoms with E-state index in [0.717, 1.165) is 17.1 Å². The van der Waals surface area contributed by atoms with Gasteiger partial charge in [-0.15, -0.1) is 0 Å². The van der Waals surface area contributed by atoms with Crippen LogP contribution >= 0.6 is 0 Å². The molecule has 5 nitrogen and oxygen atoms in total. The Kier molecular flexibility index (Phi) is 4.59. The maximum atomic E-state index is 12.7. The molecule has 2 fully saturated rings. The summed E-state index contributed by atoms with van der Waals surface area (Å²) >= 11 is 0. The fourth-order valence-corrected chi connectivity index (χ4v) is 4.66. The zero-order valence-electron chi connectivity index (χ0n) is 11.9. The Hall–Kier alpha value is -0.380. The number of aliphatic hydroxyl groups is 1. The van der Waals surface area contributed by atoms with Gasteiger partial charge in [0, 0.05) is 26.2 Å². The molecule has 124 valence electrons. The number of halogens is 3. The highest BCUT2D eigenvalue weighted by molar-refractivity contribution is 7.86. The summed E-state index contributed by atoms with van der Waals surface area (Å²) in [4.78, 5) is 0. The summed E-state index contributed by atoms with van der Waals surface area (Å²) in [7, 11) is -3.73. The highest BCUT2D eigenvalue weighted by Crippen LogP contribution is 2.39. The van der Waals surface area contributed by atoms with Gasteiger partial charge in [-0.2, -0.15) is 30.2 Å². The highest BCUT2D eigenvalue weighted by Gasteiger charge is 2.55. The second kappa shape index (κ2) is 5.68. The van der Waals surface area contributed by atoms with Crippen LogP contribution < -0.4 is 0 Å². The average molecular weight is 330 g/mol. The normalized spacial score (nSPS) is 29.5. The zero-order chi connectivity index (χ0) is 15.9. The molecule has 1 N–H and O–H groups in total. The van der Waals surface area contributed by atoms with Crippen LogP contribution in [0.3, 0.4) is 0 Å². The quantitative estimate of drug-likeness (QED) is 0.831. The Bertz CT molecular complexity index is 473. The molecular weight excluding hydrogens is 309 g/mol. The van der Waals surface area contributed by atoms with Crippen molar-refractivity contribution in [2.24, 2.45) is 5.92 Å². The standard InChI is InChI=1S/C12H21F3N2O3S/c1-10-3-2-6-17(9-10)21(19,20)16-7-4-11(18,5-8-16)12(13,14)15/h10,18H,2-9H2,1H3/t10-/m1/s1. The van der Waals surface area contributed by atoms with E-state index < -0.39 is 34.8 Å². The van der Waals surface area contributed by atoms with Crippen molar-refractivity contribution in [1.82, 2.24) is 8.61 Å². The van der Waals surface area contributed by atoms with Crippen LogP contribution in [0.25, 0.3) is 0 Å². The molecule has 0 aliphatic carbocycles. The van der Waals surface area contributed by atoms with Gasteiger partial charge >= 0.3 is 6.18 Å². The van der Waals surface area contributed by atoms with Gasteiger partial charge in [-0.05, 0) is 31.6 Å². The molecule has 1 atom stereocenters. The molecular formula is C12H21F3N2O3S. The van der Waals surface area contributed by atoms with Crippen molar-refractivity contribution in [1.29, 1.82) is 0 Å². The molecule has 0 spiro atoms. The summed E-state index contributed by atoms with van der Waals surface area (Å²) in [6.45, 7) is 2.17. The summed E-state index contributed by atoms with van der Waals surface area (Å²) in [6, 6.07) is 0. The van der Waals surface area contributed by atoms with E-state index in [1.165, 1.54) is 4.31 Å². The van der Waals surface area contributed by atoms with Crippen molar-refractivity contribution < 1.29 is 26.7 Å². The molecule has 0 saturated carbocycles. The van der Waals surface area contributed by atoms with Crippen molar-refractivity contribution in [2.45, 2.75) is 44.4 Å². The predicted octanol–water partition coefficient (Wildman–Crippen LogP) is 1.35. The van der Waals surface area contributed by atoms with E-state index in [1.54, 1.807) is 0 Å². The topological polar surface area (TPSA) is 60.9 Å². The number of nitrogens with zero attached hydrogens (tertiary/aromatic N) is 2. The number of alkyl halides is 3. The summed E-state index contributed by atoms with van der Waals surface area (Å²) in [5, 5.41) is 9.58. The molecule has 0 aromatic carbocycles. The van der Waals surface area contributed by atoms with Crippen LogP contribution in [-0.4, -0.2) is 60.1 Å². The van der Waals surface area contributed by atoms with Crippen LogP contribution in [0, 0.1) is 5.92 Å². The maximum Gasteiger partial charge on any atom is 0.417 e. The molecule has 2 saturated heterocycles. The van der Waals surface area contributed by atoms with Crippen LogP contribution in [0.15, 0.2) is 0 Å². The Morgan fingerprint density at radius 3 is 2.19 bits per heavy atom. The molecule has 0 bridgehead atoms. The van der Waals surface area contributed by atoms with Crippen molar-refractivity contribution in [3.63, 3.8) is 0 Å². The summed E-state index contributed by atoms with van der Waals surface area (Å²) in [5.74, 6) is 0.255. The minimum absolute atomic E-state index is 0.255. The molecule has 2 heterocycles. The van der Waals surface area contributed by atoms with Gasteiger partial charge in [0.25, 0.3) is 10.2 Å². The van der Waals surface area contributed by atoms with E-state index >= 15 is 0 Å². The lowest BCUT2D eigenvalue weighted by molar-refractivity contribution is -0.270. The van der Waals surface area contributed by atoms with Crippen LogP contribution in [0.4, 0.5) is 13.2 Å². The van der Waals surface area contributed by atoms with Gasteiger partial charge in [0.05, 0.1) is 0 Å². The minimum atomic E-state index is -4.72. The second-order valence-corrected chi connectivity index (χ2v) is 7.97. The lowest BCUT2D eigenvalue weighted by Crippen LogP contribution is -2.57. The minimum Gasteiger partial charge on any atom is -0.380 e.